The summed E-state index contributed by atoms with van der Waals surface area (Å²) in [6, 6.07) is 6.17. The molecule has 0 bridgehead atoms. The van der Waals surface area contributed by atoms with Crippen molar-refractivity contribution >= 4 is 27.3 Å². The lowest BCUT2D eigenvalue weighted by molar-refractivity contribution is -0.137. The minimum Gasteiger partial charge on any atom is -0.244 e. The molecule has 0 atom stereocenters. The number of hydrogen-bond acceptors (Lipinski definition) is 5. The molecule has 0 aromatic carbocycles. The van der Waals surface area contributed by atoms with Crippen LogP contribution in [0.15, 0.2) is 45.8 Å². The second-order valence-corrected chi connectivity index (χ2v) is 6.87. The van der Waals surface area contributed by atoms with Crippen molar-refractivity contribution in [3.8, 4) is 6.07 Å². The van der Waals surface area contributed by atoms with E-state index in [1.165, 1.54) is 11.3 Å². The van der Waals surface area contributed by atoms with Gasteiger partial charge in [-0.3, -0.25) is 0 Å². The molecule has 0 saturated carbocycles. The van der Waals surface area contributed by atoms with E-state index < -0.39 is 31.5 Å². The molecule has 4 nitrogen and oxygen atoms in total. The van der Waals surface area contributed by atoms with E-state index in [2.05, 4.69) is 4.98 Å². The number of aromatic nitrogens is 1. The average Bonchev–Trinajstić information content (AvgIpc) is 2.96. The lowest BCUT2D eigenvalue weighted by Gasteiger charge is -2.07. The SMILES string of the molecule is N#CC(=Cc1cccs1)S(=O)(=O)c1ccc(C(F)(F)F)cn1. The molecule has 114 valence electrons. The first-order valence-corrected chi connectivity index (χ1v) is 8.05. The van der Waals surface area contributed by atoms with Gasteiger partial charge in [-0.15, -0.1) is 11.3 Å². The molecule has 0 unspecified atom stereocenters. The van der Waals surface area contributed by atoms with Gasteiger partial charge in [-0.25, -0.2) is 13.4 Å². The monoisotopic (exact) mass is 344 g/mol. The molecule has 0 fully saturated rings. The zero-order chi connectivity index (χ0) is 16.4. The predicted molar refractivity (Wildman–Crippen MR) is 74.3 cm³/mol. The number of nitrogens with zero attached hydrogens (tertiary/aromatic N) is 2. The predicted octanol–water partition coefficient (Wildman–Crippen LogP) is 3.50. The third-order valence-corrected chi connectivity index (χ3v) is 4.95. The van der Waals surface area contributed by atoms with Gasteiger partial charge in [0.25, 0.3) is 0 Å². The summed E-state index contributed by atoms with van der Waals surface area (Å²) >= 11 is 1.22. The van der Waals surface area contributed by atoms with Crippen molar-refractivity contribution in [1.29, 1.82) is 5.26 Å². The fraction of sp³-hybridized carbons (Fsp3) is 0.0769. The highest BCUT2D eigenvalue weighted by Crippen LogP contribution is 2.29. The van der Waals surface area contributed by atoms with Crippen LogP contribution in [0.5, 0.6) is 0 Å². The highest BCUT2D eigenvalue weighted by Gasteiger charge is 2.32. The number of rotatable bonds is 3. The topological polar surface area (TPSA) is 70.8 Å². The van der Waals surface area contributed by atoms with Gasteiger partial charge in [-0.2, -0.15) is 18.4 Å². The zero-order valence-electron chi connectivity index (χ0n) is 10.7. The Labute approximate surface area is 128 Å². The van der Waals surface area contributed by atoms with Crippen LogP contribution in [0.25, 0.3) is 6.08 Å². The molecule has 0 N–H and O–H groups in total. The number of thiophene rings is 1. The molecule has 22 heavy (non-hydrogen) atoms. The Hall–Kier alpha value is -2.18. The maximum absolute atomic E-state index is 12.4. The van der Waals surface area contributed by atoms with E-state index in [0.717, 1.165) is 12.1 Å². The number of nitriles is 1. The summed E-state index contributed by atoms with van der Waals surface area (Å²) < 4.78 is 61.8. The van der Waals surface area contributed by atoms with Gasteiger partial charge in [0.2, 0.25) is 9.84 Å². The number of halogens is 3. The van der Waals surface area contributed by atoms with Crippen LogP contribution in [-0.4, -0.2) is 13.4 Å². The Morgan fingerprint density at radius 2 is 2.05 bits per heavy atom. The Kier molecular flexibility index (Phi) is 4.35. The number of sulfone groups is 1. The van der Waals surface area contributed by atoms with Crippen LogP contribution >= 0.6 is 11.3 Å². The maximum Gasteiger partial charge on any atom is 0.417 e. The molecule has 0 aliphatic carbocycles. The first kappa shape index (κ1) is 16.2. The van der Waals surface area contributed by atoms with Crippen molar-refractivity contribution in [3.05, 3.63) is 51.2 Å². The summed E-state index contributed by atoms with van der Waals surface area (Å²) in [5.41, 5.74) is -1.06. The molecule has 0 aliphatic rings. The van der Waals surface area contributed by atoms with Crippen LogP contribution in [0.1, 0.15) is 10.4 Å². The summed E-state index contributed by atoms with van der Waals surface area (Å²) in [5, 5.41) is 10.1. The van der Waals surface area contributed by atoms with E-state index in [1.807, 2.05) is 0 Å². The zero-order valence-corrected chi connectivity index (χ0v) is 12.3. The molecule has 0 aliphatic heterocycles. The normalized spacial score (nSPS) is 12.9. The largest absolute Gasteiger partial charge is 0.417 e. The molecule has 0 amide bonds. The Morgan fingerprint density at radius 3 is 2.50 bits per heavy atom. The molecule has 2 aromatic heterocycles. The second-order valence-electron chi connectivity index (χ2n) is 4.02. The van der Waals surface area contributed by atoms with Crippen molar-refractivity contribution in [2.75, 3.05) is 0 Å². The molecule has 0 spiro atoms. The Balaban J connectivity index is 2.44. The molecule has 2 rings (SSSR count). The van der Waals surface area contributed by atoms with Crippen LogP contribution < -0.4 is 0 Å². The number of allylic oxidation sites excluding steroid dienone is 1. The van der Waals surface area contributed by atoms with Gasteiger partial charge in [0, 0.05) is 11.1 Å². The van der Waals surface area contributed by atoms with Gasteiger partial charge >= 0.3 is 6.18 Å². The third kappa shape index (κ3) is 3.35. The lowest BCUT2D eigenvalue weighted by Crippen LogP contribution is -2.09. The van der Waals surface area contributed by atoms with Crippen molar-refractivity contribution in [2.45, 2.75) is 11.2 Å². The highest BCUT2D eigenvalue weighted by atomic mass is 32.2. The van der Waals surface area contributed by atoms with E-state index in [9.17, 15) is 21.6 Å². The van der Waals surface area contributed by atoms with E-state index in [4.69, 9.17) is 5.26 Å². The van der Waals surface area contributed by atoms with E-state index in [1.54, 1.807) is 23.6 Å². The van der Waals surface area contributed by atoms with Crippen LogP contribution in [0.4, 0.5) is 13.2 Å². The molecule has 9 heteroatoms. The van der Waals surface area contributed by atoms with E-state index >= 15 is 0 Å². The summed E-state index contributed by atoms with van der Waals surface area (Å²) in [7, 11) is -4.26. The first-order valence-electron chi connectivity index (χ1n) is 5.69. The third-order valence-electron chi connectivity index (χ3n) is 2.56. The van der Waals surface area contributed by atoms with Gasteiger partial charge in [0.15, 0.2) is 9.93 Å². The second kappa shape index (κ2) is 5.90. The van der Waals surface area contributed by atoms with Crippen molar-refractivity contribution in [3.63, 3.8) is 0 Å². The number of pyridine rings is 1. The standard InChI is InChI=1S/C13H7F3N2O2S2/c14-13(15,16)9-3-4-12(18-8-9)22(19,20)11(7-17)6-10-2-1-5-21-10/h1-6,8H. The first-order chi connectivity index (χ1) is 10.2. The lowest BCUT2D eigenvalue weighted by atomic mass is 10.3. The van der Waals surface area contributed by atoms with Crippen molar-refractivity contribution in [1.82, 2.24) is 4.98 Å². The molecule has 0 saturated heterocycles. The fourth-order valence-electron chi connectivity index (χ4n) is 1.49. The summed E-state index contributed by atoms with van der Waals surface area (Å²) in [6.45, 7) is 0. The van der Waals surface area contributed by atoms with Crippen LogP contribution in [0.3, 0.4) is 0 Å². The molecular weight excluding hydrogens is 337 g/mol. The van der Waals surface area contributed by atoms with Gasteiger partial charge < -0.3 is 0 Å². The number of alkyl halides is 3. The van der Waals surface area contributed by atoms with Gasteiger partial charge in [0.05, 0.1) is 5.56 Å². The highest BCUT2D eigenvalue weighted by molar-refractivity contribution is 7.95. The average molecular weight is 344 g/mol. The van der Waals surface area contributed by atoms with Crippen LogP contribution in [-0.2, 0) is 16.0 Å². The minimum absolute atomic E-state index is 0.424. The maximum atomic E-state index is 12.4. The number of hydrogen-bond donors (Lipinski definition) is 0. The Morgan fingerprint density at radius 1 is 1.32 bits per heavy atom. The van der Waals surface area contributed by atoms with Gasteiger partial charge in [-0.1, -0.05) is 6.07 Å². The van der Waals surface area contributed by atoms with Crippen molar-refractivity contribution in [2.24, 2.45) is 0 Å². The quantitative estimate of drug-likeness (QED) is 0.799. The minimum atomic E-state index is -4.61. The molecule has 0 radical (unpaired) electrons. The molecule has 2 heterocycles. The van der Waals surface area contributed by atoms with Gasteiger partial charge in [-0.05, 0) is 29.7 Å². The summed E-state index contributed by atoms with van der Waals surface area (Å²) in [5.74, 6) is 0. The van der Waals surface area contributed by atoms with Crippen LogP contribution in [0, 0.1) is 11.3 Å². The van der Waals surface area contributed by atoms with Crippen molar-refractivity contribution < 1.29 is 21.6 Å². The van der Waals surface area contributed by atoms with Gasteiger partial charge in [0.1, 0.15) is 6.07 Å². The summed E-state index contributed by atoms with van der Waals surface area (Å²) in [4.78, 5) is 3.27. The summed E-state index contributed by atoms with van der Waals surface area (Å²) in [6.07, 6.45) is -3.04. The van der Waals surface area contributed by atoms with Crippen LogP contribution in [0.2, 0.25) is 0 Å². The smallest absolute Gasteiger partial charge is 0.244 e. The van der Waals surface area contributed by atoms with E-state index in [0.29, 0.717) is 17.1 Å². The molecular formula is C13H7F3N2O2S2. The Bertz CT molecular complexity index is 831. The van der Waals surface area contributed by atoms with E-state index in [-0.39, 0.29) is 0 Å². The molecule has 2 aromatic rings. The fourth-order valence-corrected chi connectivity index (χ4v) is 3.29.